The van der Waals surface area contributed by atoms with E-state index in [0.29, 0.717) is 18.8 Å². The third-order valence-electron chi connectivity index (χ3n) is 7.40. The molecule has 23 heavy (non-hydrogen) atoms. The minimum absolute atomic E-state index is 0.0282. The molecule has 0 aromatic rings. The fourth-order valence-electron chi connectivity index (χ4n) is 5.22. The smallest absolute Gasteiger partial charge is 0.344 e. The molecule has 0 amide bonds. The molecule has 2 heterocycles. The predicted octanol–water partition coefficient (Wildman–Crippen LogP) is 2.53. The lowest BCUT2D eigenvalue weighted by atomic mass is 9.68. The van der Waals surface area contributed by atoms with Crippen molar-refractivity contribution in [1.82, 2.24) is 0 Å². The van der Waals surface area contributed by atoms with E-state index in [1.807, 2.05) is 6.08 Å². The maximum Gasteiger partial charge on any atom is 0.344 e. The molecule has 5 atom stereocenters. The summed E-state index contributed by atoms with van der Waals surface area (Å²) >= 11 is 0. The average molecular weight is 322 g/mol. The summed E-state index contributed by atoms with van der Waals surface area (Å²) in [7, 11) is 0. The van der Waals surface area contributed by atoms with Crippen LogP contribution in [0, 0.1) is 16.7 Å². The second-order valence-electron chi connectivity index (χ2n) is 8.42. The SMILES string of the molecule is CC1(C)C2CCC1(C)C(O)(OCOC(=O)C13C=CC(CC1)O3)C2. The molecule has 128 valence electrons. The zero-order valence-electron chi connectivity index (χ0n) is 14.1. The van der Waals surface area contributed by atoms with Crippen molar-refractivity contribution < 1.29 is 24.1 Å². The van der Waals surface area contributed by atoms with Crippen molar-refractivity contribution in [3.63, 3.8) is 0 Å². The summed E-state index contributed by atoms with van der Waals surface area (Å²) in [5, 5.41) is 11.0. The van der Waals surface area contributed by atoms with Gasteiger partial charge >= 0.3 is 5.97 Å². The van der Waals surface area contributed by atoms with Gasteiger partial charge in [0.25, 0.3) is 0 Å². The third kappa shape index (κ3) is 1.87. The summed E-state index contributed by atoms with van der Waals surface area (Å²) in [5.41, 5.74) is -1.20. The summed E-state index contributed by atoms with van der Waals surface area (Å²) in [6, 6.07) is 0. The lowest BCUT2D eigenvalue weighted by Gasteiger charge is -2.44. The molecule has 4 bridgehead atoms. The minimum Gasteiger partial charge on any atom is -0.436 e. The molecule has 3 fully saturated rings. The molecule has 5 nitrogen and oxygen atoms in total. The standard InChI is InChI=1S/C18H26O5/c1-15(2)12-4-7-16(15,3)18(20,10-12)22-11-21-14(19)17-8-5-13(23-17)6-9-17/h5,8,12-13,20H,4,6-7,9-11H2,1-3H3. The van der Waals surface area contributed by atoms with Crippen LogP contribution in [-0.4, -0.2) is 35.4 Å². The molecular formula is C18H26O5. The molecule has 1 N–H and O–H groups in total. The zero-order chi connectivity index (χ0) is 16.5. The molecule has 4 aliphatic rings. The summed E-state index contributed by atoms with van der Waals surface area (Å²) in [6.45, 7) is 6.27. The number of hydrogen-bond acceptors (Lipinski definition) is 5. The van der Waals surface area contributed by atoms with Crippen molar-refractivity contribution in [2.75, 3.05) is 6.79 Å². The summed E-state index contributed by atoms with van der Waals surface area (Å²) in [5.74, 6) is -1.18. The van der Waals surface area contributed by atoms with Crippen LogP contribution >= 0.6 is 0 Å². The molecule has 5 unspecified atom stereocenters. The molecule has 0 aromatic heterocycles. The van der Waals surface area contributed by atoms with Gasteiger partial charge < -0.3 is 19.3 Å². The van der Waals surface area contributed by atoms with Crippen LogP contribution in [0.3, 0.4) is 0 Å². The Balaban J connectivity index is 1.39. The lowest BCUT2D eigenvalue weighted by Crippen LogP contribution is -2.50. The molecule has 0 spiro atoms. The highest BCUT2D eigenvalue weighted by atomic mass is 16.7. The van der Waals surface area contributed by atoms with E-state index in [1.165, 1.54) is 0 Å². The van der Waals surface area contributed by atoms with Gasteiger partial charge in [0.2, 0.25) is 0 Å². The van der Waals surface area contributed by atoms with Crippen LogP contribution in [-0.2, 0) is 19.0 Å². The Morgan fingerprint density at radius 1 is 1.30 bits per heavy atom. The van der Waals surface area contributed by atoms with Gasteiger partial charge in [-0.1, -0.05) is 26.8 Å². The Hall–Kier alpha value is -0.910. The first-order valence-corrected chi connectivity index (χ1v) is 8.63. The number of fused-ring (bicyclic) bond motifs is 4. The average Bonchev–Trinajstić information content (AvgIpc) is 3.19. The summed E-state index contributed by atoms with van der Waals surface area (Å²) < 4.78 is 16.7. The third-order valence-corrected chi connectivity index (χ3v) is 7.40. The van der Waals surface area contributed by atoms with Crippen LogP contribution in [0.2, 0.25) is 0 Å². The first-order chi connectivity index (χ1) is 10.7. The van der Waals surface area contributed by atoms with Crippen LogP contribution in [0.4, 0.5) is 0 Å². The second-order valence-corrected chi connectivity index (χ2v) is 8.42. The van der Waals surface area contributed by atoms with Crippen LogP contribution < -0.4 is 0 Å². The summed E-state index contributed by atoms with van der Waals surface area (Å²) in [4.78, 5) is 12.3. The van der Waals surface area contributed by atoms with Crippen LogP contribution in [0.1, 0.15) is 52.9 Å². The molecule has 0 aromatic carbocycles. The van der Waals surface area contributed by atoms with Crippen LogP contribution in [0.5, 0.6) is 0 Å². The van der Waals surface area contributed by atoms with Gasteiger partial charge in [-0.2, -0.15) is 0 Å². The van der Waals surface area contributed by atoms with Gasteiger partial charge in [-0.05, 0) is 43.1 Å². The fourth-order valence-corrected chi connectivity index (χ4v) is 5.22. The molecule has 2 aliphatic carbocycles. The van der Waals surface area contributed by atoms with Crippen molar-refractivity contribution in [3.8, 4) is 0 Å². The Morgan fingerprint density at radius 3 is 2.57 bits per heavy atom. The first kappa shape index (κ1) is 15.6. The molecule has 0 radical (unpaired) electrons. The van der Waals surface area contributed by atoms with Gasteiger partial charge in [0.05, 0.1) is 6.10 Å². The number of aliphatic hydroxyl groups is 1. The number of ether oxygens (including phenoxy) is 3. The van der Waals surface area contributed by atoms with E-state index in [2.05, 4.69) is 20.8 Å². The van der Waals surface area contributed by atoms with Crippen molar-refractivity contribution in [1.29, 1.82) is 0 Å². The molecular weight excluding hydrogens is 296 g/mol. The highest BCUT2D eigenvalue weighted by Gasteiger charge is 2.69. The molecule has 2 saturated carbocycles. The number of esters is 1. The van der Waals surface area contributed by atoms with Crippen molar-refractivity contribution in [2.24, 2.45) is 16.7 Å². The first-order valence-electron chi connectivity index (χ1n) is 8.63. The number of rotatable bonds is 4. The Labute approximate surface area is 137 Å². The zero-order valence-corrected chi connectivity index (χ0v) is 14.1. The van der Waals surface area contributed by atoms with Gasteiger partial charge in [0.1, 0.15) is 0 Å². The molecule has 2 aliphatic heterocycles. The number of carbonyl (C=O) groups excluding carboxylic acids is 1. The van der Waals surface area contributed by atoms with Gasteiger partial charge in [0, 0.05) is 11.8 Å². The maximum absolute atomic E-state index is 12.3. The van der Waals surface area contributed by atoms with Gasteiger partial charge in [-0.3, -0.25) is 0 Å². The van der Waals surface area contributed by atoms with Crippen LogP contribution in [0.15, 0.2) is 12.2 Å². The normalized spacial score (nSPS) is 49.0. The van der Waals surface area contributed by atoms with Crippen molar-refractivity contribution >= 4 is 5.97 Å². The largest absolute Gasteiger partial charge is 0.436 e. The van der Waals surface area contributed by atoms with E-state index in [0.717, 1.165) is 19.3 Å². The Bertz CT molecular complexity index is 570. The second kappa shape index (κ2) is 4.58. The monoisotopic (exact) mass is 322 g/mol. The van der Waals surface area contributed by atoms with E-state index in [-0.39, 0.29) is 23.7 Å². The van der Waals surface area contributed by atoms with Crippen molar-refractivity contribution in [3.05, 3.63) is 12.2 Å². The molecule has 1 saturated heterocycles. The van der Waals surface area contributed by atoms with Gasteiger partial charge in [-0.25, -0.2) is 4.79 Å². The van der Waals surface area contributed by atoms with E-state index >= 15 is 0 Å². The van der Waals surface area contributed by atoms with E-state index in [1.54, 1.807) is 6.08 Å². The van der Waals surface area contributed by atoms with Gasteiger partial charge in [-0.15, -0.1) is 0 Å². The van der Waals surface area contributed by atoms with Crippen molar-refractivity contribution in [2.45, 2.75) is 70.4 Å². The quantitative estimate of drug-likeness (QED) is 0.489. The number of hydrogen-bond donors (Lipinski definition) is 1. The summed E-state index contributed by atoms with van der Waals surface area (Å²) in [6.07, 6.45) is 7.92. The molecule has 5 heteroatoms. The predicted molar refractivity (Wildman–Crippen MR) is 82.2 cm³/mol. The fraction of sp³-hybridized carbons (Fsp3) is 0.833. The Kier molecular flexibility index (Phi) is 3.11. The van der Waals surface area contributed by atoms with E-state index in [9.17, 15) is 9.90 Å². The number of carbonyl (C=O) groups is 1. The molecule has 4 rings (SSSR count). The van der Waals surface area contributed by atoms with Crippen LogP contribution in [0.25, 0.3) is 0 Å². The minimum atomic E-state index is -1.22. The Morgan fingerprint density at radius 2 is 2.09 bits per heavy atom. The lowest BCUT2D eigenvalue weighted by molar-refractivity contribution is -0.300. The maximum atomic E-state index is 12.3. The topological polar surface area (TPSA) is 65.0 Å². The van der Waals surface area contributed by atoms with E-state index in [4.69, 9.17) is 14.2 Å². The highest BCUT2D eigenvalue weighted by Crippen LogP contribution is 2.69. The highest BCUT2D eigenvalue weighted by molar-refractivity contribution is 5.83. The van der Waals surface area contributed by atoms with Gasteiger partial charge in [0.15, 0.2) is 18.2 Å². The van der Waals surface area contributed by atoms with E-state index < -0.39 is 17.4 Å².